The molecule has 2 nitrogen and oxygen atoms in total. The molecule has 0 aromatic heterocycles. The molecule has 0 aliphatic rings. The normalized spacial score (nSPS) is 9.08. The zero-order chi connectivity index (χ0) is 8.97. The number of halogens is 1. The number of benzene rings is 1. The molecule has 0 saturated heterocycles. The molecule has 1 rings (SSSR count). The first-order valence-electron chi connectivity index (χ1n) is 3.60. The van der Waals surface area contributed by atoms with Gasteiger partial charge in [0.15, 0.2) is 0 Å². The van der Waals surface area contributed by atoms with E-state index in [1.54, 1.807) is 18.2 Å². The number of nitrogens with zero attached hydrogens (tertiary/aromatic N) is 1. The van der Waals surface area contributed by atoms with E-state index in [4.69, 9.17) is 21.6 Å². The van der Waals surface area contributed by atoms with Crippen LogP contribution in [-0.4, -0.2) is 6.61 Å². The van der Waals surface area contributed by atoms with E-state index in [-0.39, 0.29) is 0 Å². The predicted octanol–water partition coefficient (Wildman–Crippen LogP) is 2.61. The molecule has 0 aliphatic carbocycles. The maximum atomic E-state index is 8.68. The highest BCUT2D eigenvalue weighted by molar-refractivity contribution is 6.30. The minimum atomic E-state index is 0.476. The van der Waals surface area contributed by atoms with E-state index >= 15 is 0 Å². The maximum Gasteiger partial charge on any atom is 0.137 e. The van der Waals surface area contributed by atoms with Crippen molar-refractivity contribution < 1.29 is 4.74 Å². The fourth-order valence-corrected chi connectivity index (χ4v) is 1.04. The van der Waals surface area contributed by atoms with Crippen LogP contribution < -0.4 is 4.74 Å². The SMILES string of the molecule is CCOc1ccc(Cl)cc1C#N. The van der Waals surface area contributed by atoms with Crippen LogP contribution in [0, 0.1) is 11.3 Å². The second-order valence-electron chi connectivity index (χ2n) is 2.19. The van der Waals surface area contributed by atoms with Crippen LogP contribution >= 0.6 is 11.6 Å². The zero-order valence-electron chi connectivity index (χ0n) is 6.67. The number of hydrogen-bond donors (Lipinski definition) is 0. The standard InChI is InChI=1S/C9H8ClNO/c1-2-12-9-4-3-8(10)5-7(9)6-11/h3-5H,2H2,1H3. The average molecular weight is 182 g/mol. The van der Waals surface area contributed by atoms with Gasteiger partial charge in [-0.1, -0.05) is 11.6 Å². The molecule has 0 spiro atoms. The Hall–Kier alpha value is -1.20. The maximum absolute atomic E-state index is 8.68. The summed E-state index contributed by atoms with van der Waals surface area (Å²) in [4.78, 5) is 0. The summed E-state index contributed by atoms with van der Waals surface area (Å²) in [6, 6.07) is 7.00. The first-order valence-corrected chi connectivity index (χ1v) is 3.98. The van der Waals surface area contributed by atoms with Gasteiger partial charge in [0.25, 0.3) is 0 Å². The lowest BCUT2D eigenvalue weighted by Crippen LogP contribution is -1.93. The van der Waals surface area contributed by atoms with Crippen molar-refractivity contribution in [3.05, 3.63) is 28.8 Å². The monoisotopic (exact) mass is 181 g/mol. The molecule has 0 radical (unpaired) electrons. The first-order chi connectivity index (χ1) is 5.77. The molecule has 0 fully saturated rings. The third kappa shape index (κ3) is 1.90. The van der Waals surface area contributed by atoms with Gasteiger partial charge in [-0.3, -0.25) is 0 Å². The predicted molar refractivity (Wildman–Crippen MR) is 47.3 cm³/mol. The van der Waals surface area contributed by atoms with Gasteiger partial charge in [0.05, 0.1) is 12.2 Å². The Morgan fingerprint density at radius 3 is 2.92 bits per heavy atom. The van der Waals surface area contributed by atoms with E-state index in [1.165, 1.54) is 0 Å². The third-order valence-corrected chi connectivity index (χ3v) is 1.60. The fraction of sp³-hybridized carbons (Fsp3) is 0.222. The van der Waals surface area contributed by atoms with E-state index in [9.17, 15) is 0 Å². The van der Waals surface area contributed by atoms with Crippen molar-refractivity contribution in [1.29, 1.82) is 5.26 Å². The Bertz CT molecular complexity index is 317. The zero-order valence-corrected chi connectivity index (χ0v) is 7.43. The molecule has 1 aromatic carbocycles. The van der Waals surface area contributed by atoms with Crippen molar-refractivity contribution in [1.82, 2.24) is 0 Å². The van der Waals surface area contributed by atoms with Crippen molar-refractivity contribution in [2.24, 2.45) is 0 Å². The van der Waals surface area contributed by atoms with Gasteiger partial charge in [0.1, 0.15) is 11.8 Å². The molecular weight excluding hydrogens is 174 g/mol. The largest absolute Gasteiger partial charge is 0.492 e. The topological polar surface area (TPSA) is 33.0 Å². The van der Waals surface area contributed by atoms with Crippen molar-refractivity contribution in [3.63, 3.8) is 0 Å². The van der Waals surface area contributed by atoms with E-state index in [0.29, 0.717) is 22.9 Å². The summed E-state index contributed by atoms with van der Waals surface area (Å²) >= 11 is 5.69. The highest BCUT2D eigenvalue weighted by atomic mass is 35.5. The van der Waals surface area contributed by atoms with E-state index in [2.05, 4.69) is 0 Å². The van der Waals surface area contributed by atoms with Crippen LogP contribution in [-0.2, 0) is 0 Å². The molecule has 0 heterocycles. The Kier molecular flexibility index (Phi) is 2.95. The fourth-order valence-electron chi connectivity index (χ4n) is 0.871. The second kappa shape index (κ2) is 3.99. The molecule has 1 aromatic rings. The summed E-state index contributed by atoms with van der Waals surface area (Å²) in [5, 5.41) is 9.23. The van der Waals surface area contributed by atoms with E-state index < -0.39 is 0 Å². The molecule has 0 atom stereocenters. The second-order valence-corrected chi connectivity index (χ2v) is 2.62. The van der Waals surface area contributed by atoms with Gasteiger partial charge in [0.2, 0.25) is 0 Å². The van der Waals surface area contributed by atoms with Crippen molar-refractivity contribution in [3.8, 4) is 11.8 Å². The Morgan fingerprint density at radius 2 is 2.33 bits per heavy atom. The number of rotatable bonds is 2. The van der Waals surface area contributed by atoms with Gasteiger partial charge in [-0.15, -0.1) is 0 Å². The van der Waals surface area contributed by atoms with Crippen LogP contribution in [0.3, 0.4) is 0 Å². The van der Waals surface area contributed by atoms with E-state index in [1.807, 2.05) is 13.0 Å². The van der Waals surface area contributed by atoms with Gasteiger partial charge in [-0.2, -0.15) is 5.26 Å². The average Bonchev–Trinajstić information content (AvgIpc) is 2.08. The number of nitriles is 1. The quantitative estimate of drug-likeness (QED) is 0.703. The van der Waals surface area contributed by atoms with Crippen LogP contribution in [0.15, 0.2) is 18.2 Å². The van der Waals surface area contributed by atoms with Gasteiger partial charge in [-0.05, 0) is 25.1 Å². The van der Waals surface area contributed by atoms with Crippen LogP contribution in [0.25, 0.3) is 0 Å². The summed E-state index contributed by atoms with van der Waals surface area (Å²) in [5.74, 6) is 0.587. The van der Waals surface area contributed by atoms with Crippen LogP contribution in [0.5, 0.6) is 5.75 Å². The Labute approximate surface area is 76.3 Å². The molecule has 62 valence electrons. The molecule has 0 unspecified atom stereocenters. The number of ether oxygens (including phenoxy) is 1. The van der Waals surface area contributed by atoms with Gasteiger partial charge in [-0.25, -0.2) is 0 Å². The molecule has 0 bridgehead atoms. The summed E-state index contributed by atoms with van der Waals surface area (Å²) in [6.45, 7) is 2.42. The lowest BCUT2D eigenvalue weighted by Gasteiger charge is -2.04. The summed E-state index contributed by atoms with van der Waals surface area (Å²) in [5.41, 5.74) is 0.476. The van der Waals surface area contributed by atoms with E-state index in [0.717, 1.165) is 0 Å². The lowest BCUT2D eigenvalue weighted by atomic mass is 10.2. The van der Waals surface area contributed by atoms with Gasteiger partial charge >= 0.3 is 0 Å². The highest BCUT2D eigenvalue weighted by Gasteiger charge is 2.01. The van der Waals surface area contributed by atoms with Crippen LogP contribution in [0.4, 0.5) is 0 Å². The summed E-state index contributed by atoms with van der Waals surface area (Å²) < 4.78 is 5.20. The smallest absolute Gasteiger partial charge is 0.137 e. The van der Waals surface area contributed by atoms with Crippen molar-refractivity contribution >= 4 is 11.6 Å². The Balaban J connectivity index is 3.05. The highest BCUT2D eigenvalue weighted by Crippen LogP contribution is 2.21. The molecule has 3 heteroatoms. The van der Waals surface area contributed by atoms with Gasteiger partial charge < -0.3 is 4.74 Å². The number of hydrogen-bond acceptors (Lipinski definition) is 2. The molecule has 0 saturated carbocycles. The molecule has 0 aliphatic heterocycles. The summed E-state index contributed by atoms with van der Waals surface area (Å²) in [7, 11) is 0. The van der Waals surface area contributed by atoms with Crippen LogP contribution in [0.1, 0.15) is 12.5 Å². The van der Waals surface area contributed by atoms with Crippen molar-refractivity contribution in [2.75, 3.05) is 6.61 Å². The Morgan fingerprint density at radius 1 is 1.58 bits per heavy atom. The molecule has 12 heavy (non-hydrogen) atoms. The van der Waals surface area contributed by atoms with Gasteiger partial charge in [0, 0.05) is 5.02 Å². The third-order valence-electron chi connectivity index (χ3n) is 1.36. The van der Waals surface area contributed by atoms with Crippen molar-refractivity contribution in [2.45, 2.75) is 6.92 Å². The van der Waals surface area contributed by atoms with Crippen LogP contribution in [0.2, 0.25) is 5.02 Å². The lowest BCUT2D eigenvalue weighted by molar-refractivity contribution is 0.339. The molecule has 0 amide bonds. The molecule has 0 N–H and O–H groups in total. The minimum Gasteiger partial charge on any atom is -0.492 e. The summed E-state index contributed by atoms with van der Waals surface area (Å²) in [6.07, 6.45) is 0. The first kappa shape index (κ1) is 8.89. The molecular formula is C9H8ClNO. The minimum absolute atomic E-state index is 0.476.